The van der Waals surface area contributed by atoms with Crippen LogP contribution in [0, 0.1) is 0 Å². The number of anilines is 1. The van der Waals surface area contributed by atoms with Crippen LogP contribution in [-0.2, 0) is 21.2 Å². The maximum Gasteiger partial charge on any atom is 0.238 e. The summed E-state index contributed by atoms with van der Waals surface area (Å²) in [4.78, 5) is 2.49. The van der Waals surface area contributed by atoms with Crippen molar-refractivity contribution in [2.24, 2.45) is 5.14 Å². The van der Waals surface area contributed by atoms with E-state index < -0.39 is 10.0 Å². The van der Waals surface area contributed by atoms with Crippen LogP contribution >= 0.6 is 0 Å². The fraction of sp³-hybridized carbons (Fsp3) is 0.571. The molecular formula is C14H20N2O3S. The molecule has 2 aliphatic heterocycles. The highest BCUT2D eigenvalue weighted by Crippen LogP contribution is 2.30. The quantitative estimate of drug-likeness (QED) is 0.911. The van der Waals surface area contributed by atoms with Crippen LogP contribution in [0.15, 0.2) is 23.1 Å². The van der Waals surface area contributed by atoms with E-state index in [1.165, 1.54) is 6.42 Å². The predicted octanol–water partition coefficient (Wildman–Crippen LogP) is 1.27. The number of primary sulfonamides is 1. The first kappa shape index (κ1) is 13.9. The van der Waals surface area contributed by atoms with Crippen LogP contribution in [-0.4, -0.2) is 34.2 Å². The molecule has 1 fully saturated rings. The summed E-state index contributed by atoms with van der Waals surface area (Å²) < 4.78 is 28.5. The third kappa shape index (κ3) is 2.82. The highest BCUT2D eigenvalue weighted by atomic mass is 32.2. The summed E-state index contributed by atoms with van der Waals surface area (Å²) >= 11 is 0. The molecule has 1 atom stereocenters. The van der Waals surface area contributed by atoms with E-state index in [2.05, 4.69) is 4.90 Å². The average molecular weight is 296 g/mol. The molecule has 5 nitrogen and oxygen atoms in total. The summed E-state index contributed by atoms with van der Waals surface area (Å²) in [5.41, 5.74) is 2.18. The second kappa shape index (κ2) is 5.35. The van der Waals surface area contributed by atoms with Crippen LogP contribution in [0.1, 0.15) is 24.8 Å². The smallest absolute Gasteiger partial charge is 0.238 e. The number of hydrogen-bond donors (Lipinski definition) is 1. The normalized spacial score (nSPS) is 22.9. The highest BCUT2D eigenvalue weighted by Gasteiger charge is 2.24. The summed E-state index contributed by atoms with van der Waals surface area (Å²) in [6, 6.07) is 5.16. The zero-order chi connectivity index (χ0) is 14.2. The van der Waals surface area contributed by atoms with Gasteiger partial charge in [0.15, 0.2) is 0 Å². The molecule has 6 heteroatoms. The van der Waals surface area contributed by atoms with Crippen molar-refractivity contribution in [1.29, 1.82) is 0 Å². The molecule has 1 saturated heterocycles. The highest BCUT2D eigenvalue weighted by molar-refractivity contribution is 7.89. The molecule has 0 radical (unpaired) electrons. The maximum absolute atomic E-state index is 11.4. The van der Waals surface area contributed by atoms with Crippen molar-refractivity contribution in [2.45, 2.75) is 36.7 Å². The number of rotatable bonds is 3. The third-order valence-electron chi connectivity index (χ3n) is 4.07. The first-order valence-electron chi connectivity index (χ1n) is 7.06. The van der Waals surface area contributed by atoms with Gasteiger partial charge in [-0.3, -0.25) is 0 Å². The topological polar surface area (TPSA) is 72.6 Å². The van der Waals surface area contributed by atoms with Gasteiger partial charge in [-0.1, -0.05) is 0 Å². The van der Waals surface area contributed by atoms with Crippen LogP contribution in [0.25, 0.3) is 0 Å². The van der Waals surface area contributed by atoms with Gasteiger partial charge in [0.1, 0.15) is 0 Å². The number of ether oxygens (including phenoxy) is 1. The summed E-state index contributed by atoms with van der Waals surface area (Å²) in [7, 11) is -3.61. The van der Waals surface area contributed by atoms with E-state index in [1.54, 1.807) is 12.1 Å². The van der Waals surface area contributed by atoms with E-state index in [1.807, 2.05) is 6.07 Å². The Balaban J connectivity index is 1.77. The molecule has 0 saturated carbocycles. The zero-order valence-electron chi connectivity index (χ0n) is 11.4. The molecule has 2 aliphatic rings. The van der Waals surface area contributed by atoms with E-state index in [0.29, 0.717) is 6.10 Å². The molecule has 0 spiro atoms. The van der Waals surface area contributed by atoms with Gasteiger partial charge in [0.05, 0.1) is 11.0 Å². The van der Waals surface area contributed by atoms with Gasteiger partial charge in [-0.15, -0.1) is 0 Å². The minimum atomic E-state index is -3.61. The number of fused-ring (bicyclic) bond motifs is 1. The SMILES string of the molecule is NS(=O)(=O)c1ccc2c(c1)CCN2C[C@@H]1CCCCO1. The van der Waals surface area contributed by atoms with E-state index in [0.717, 1.165) is 50.2 Å². The van der Waals surface area contributed by atoms with Crippen LogP contribution < -0.4 is 10.0 Å². The zero-order valence-corrected chi connectivity index (χ0v) is 12.2. The van der Waals surface area contributed by atoms with Crippen molar-refractivity contribution in [3.05, 3.63) is 23.8 Å². The molecule has 1 aromatic carbocycles. The van der Waals surface area contributed by atoms with Crippen LogP contribution in [0.4, 0.5) is 5.69 Å². The molecular weight excluding hydrogens is 276 g/mol. The van der Waals surface area contributed by atoms with Gasteiger partial charge in [-0.25, -0.2) is 13.6 Å². The number of hydrogen-bond acceptors (Lipinski definition) is 4. The first-order chi connectivity index (χ1) is 9.54. The maximum atomic E-state index is 11.4. The van der Waals surface area contributed by atoms with E-state index >= 15 is 0 Å². The summed E-state index contributed by atoms with van der Waals surface area (Å²) in [6.45, 7) is 2.67. The van der Waals surface area contributed by atoms with Crippen molar-refractivity contribution in [1.82, 2.24) is 0 Å². The van der Waals surface area contributed by atoms with Crippen LogP contribution in [0.3, 0.4) is 0 Å². The number of nitrogens with two attached hydrogens (primary N) is 1. The fourth-order valence-corrected chi connectivity index (χ4v) is 3.57. The Morgan fingerprint density at radius 1 is 1.35 bits per heavy atom. The predicted molar refractivity (Wildman–Crippen MR) is 77.3 cm³/mol. The van der Waals surface area contributed by atoms with Gasteiger partial charge in [-0.05, 0) is 49.4 Å². The lowest BCUT2D eigenvalue weighted by molar-refractivity contribution is 0.0212. The Kier molecular flexibility index (Phi) is 3.70. The van der Waals surface area contributed by atoms with Crippen molar-refractivity contribution in [3.63, 3.8) is 0 Å². The van der Waals surface area contributed by atoms with Gasteiger partial charge in [0.25, 0.3) is 0 Å². The lowest BCUT2D eigenvalue weighted by Gasteiger charge is -2.28. The summed E-state index contributed by atoms with van der Waals surface area (Å²) in [5, 5.41) is 5.17. The second-order valence-corrected chi connectivity index (χ2v) is 7.08. The number of nitrogens with zero attached hydrogens (tertiary/aromatic N) is 1. The van der Waals surface area contributed by atoms with Gasteiger partial charge < -0.3 is 9.64 Å². The van der Waals surface area contributed by atoms with E-state index in [9.17, 15) is 8.42 Å². The number of benzene rings is 1. The van der Waals surface area contributed by atoms with Crippen molar-refractivity contribution in [2.75, 3.05) is 24.6 Å². The molecule has 1 aromatic rings. The van der Waals surface area contributed by atoms with Crippen molar-refractivity contribution < 1.29 is 13.2 Å². The standard InChI is InChI=1S/C14H20N2O3S/c15-20(17,18)13-4-5-14-11(9-13)6-7-16(14)10-12-3-1-2-8-19-12/h4-5,9,12H,1-3,6-8,10H2,(H2,15,17,18)/t12-/m0/s1. The van der Waals surface area contributed by atoms with E-state index in [4.69, 9.17) is 9.88 Å². The largest absolute Gasteiger partial charge is 0.376 e. The first-order valence-corrected chi connectivity index (χ1v) is 8.61. The lowest BCUT2D eigenvalue weighted by Crippen LogP contribution is -2.34. The second-order valence-electron chi connectivity index (χ2n) is 5.52. The minimum absolute atomic E-state index is 0.201. The van der Waals surface area contributed by atoms with Gasteiger partial charge >= 0.3 is 0 Å². The monoisotopic (exact) mass is 296 g/mol. The molecule has 0 amide bonds. The number of sulfonamides is 1. The Hall–Kier alpha value is -1.11. The molecule has 0 unspecified atom stereocenters. The third-order valence-corrected chi connectivity index (χ3v) is 4.98. The Morgan fingerprint density at radius 2 is 2.20 bits per heavy atom. The van der Waals surface area contributed by atoms with Gasteiger partial charge in [0.2, 0.25) is 10.0 Å². The van der Waals surface area contributed by atoms with Crippen molar-refractivity contribution >= 4 is 15.7 Å². The molecule has 0 aliphatic carbocycles. The van der Waals surface area contributed by atoms with Crippen LogP contribution in [0.5, 0.6) is 0 Å². The Labute approximate surface area is 119 Å². The van der Waals surface area contributed by atoms with Gasteiger partial charge in [-0.2, -0.15) is 0 Å². The molecule has 0 bridgehead atoms. The Morgan fingerprint density at radius 3 is 2.90 bits per heavy atom. The molecule has 110 valence electrons. The summed E-state index contributed by atoms with van der Waals surface area (Å²) in [5.74, 6) is 0. The minimum Gasteiger partial charge on any atom is -0.376 e. The van der Waals surface area contributed by atoms with Crippen molar-refractivity contribution in [3.8, 4) is 0 Å². The molecule has 3 rings (SSSR count). The van der Waals surface area contributed by atoms with E-state index in [-0.39, 0.29) is 4.90 Å². The molecule has 0 aromatic heterocycles. The Bertz CT molecular complexity index is 594. The van der Waals surface area contributed by atoms with Gasteiger partial charge in [0, 0.05) is 25.4 Å². The van der Waals surface area contributed by atoms with Crippen LogP contribution in [0.2, 0.25) is 0 Å². The molecule has 20 heavy (non-hydrogen) atoms. The average Bonchev–Trinajstić information content (AvgIpc) is 2.81. The molecule has 2 heterocycles. The fourth-order valence-electron chi connectivity index (χ4n) is 3.01. The molecule has 2 N–H and O–H groups in total. The lowest BCUT2D eigenvalue weighted by atomic mass is 10.1. The summed E-state index contributed by atoms with van der Waals surface area (Å²) in [6.07, 6.45) is 4.67.